The van der Waals surface area contributed by atoms with E-state index in [0.717, 1.165) is 15.5 Å². The molecule has 11 nitrogen and oxygen atoms in total. The number of H-pyrrole nitrogens is 1. The van der Waals surface area contributed by atoms with Crippen molar-refractivity contribution in [3.05, 3.63) is 62.7 Å². The number of aromatic nitrogens is 5. The Kier molecular flexibility index (Phi) is 6.10. The first kappa shape index (κ1) is 23.0. The summed E-state index contributed by atoms with van der Waals surface area (Å²) >= 11 is 0. The Morgan fingerprint density at radius 3 is 2.29 bits per heavy atom. The molecule has 4 aromatic rings. The molecule has 0 spiro atoms. The van der Waals surface area contributed by atoms with E-state index in [1.807, 2.05) is 30.3 Å². The fourth-order valence-corrected chi connectivity index (χ4v) is 4.01. The first-order chi connectivity index (χ1) is 16.3. The van der Waals surface area contributed by atoms with Gasteiger partial charge >= 0.3 is 17.6 Å². The first-order valence-corrected chi connectivity index (χ1v) is 10.8. The van der Waals surface area contributed by atoms with Crippen molar-refractivity contribution in [3.63, 3.8) is 0 Å². The predicted molar refractivity (Wildman–Crippen MR) is 124 cm³/mol. The molecule has 0 unspecified atom stereocenters. The Balaban J connectivity index is 1.88. The highest BCUT2D eigenvalue weighted by Crippen LogP contribution is 2.22. The van der Waals surface area contributed by atoms with Crippen LogP contribution in [0.15, 0.2) is 39.9 Å². The zero-order valence-corrected chi connectivity index (χ0v) is 19.3. The first-order valence-electron chi connectivity index (χ1n) is 10.8. The molecule has 34 heavy (non-hydrogen) atoms. The van der Waals surface area contributed by atoms with Crippen molar-refractivity contribution in [2.24, 2.45) is 14.1 Å². The lowest BCUT2D eigenvalue weighted by Gasteiger charge is -2.14. The number of hydrogen-bond acceptors (Lipinski definition) is 7. The highest BCUT2D eigenvalue weighted by molar-refractivity contribution is 6.00. The molecular formula is C23H25N5O6. The molecule has 0 amide bonds. The zero-order valence-electron chi connectivity index (χ0n) is 19.3. The van der Waals surface area contributed by atoms with Gasteiger partial charge in [0.25, 0.3) is 5.56 Å². The number of benzene rings is 1. The monoisotopic (exact) mass is 467 g/mol. The smallest absolute Gasteiger partial charge is 0.332 e. The quantitative estimate of drug-likeness (QED) is 0.319. The maximum Gasteiger partial charge on any atom is 0.332 e. The standard InChI is InChI=1S/C23H25N5O6/c1-5-33-21(30)16(22(31)34-6-2)18-25-19-17(26(18)3)20(29)28(23(32)27(19)4)12-14-11-13-9-7-8-10-15(13)24-14/h7-11,16,24H,5-6,12H2,1-4H3. The number of aromatic amines is 1. The van der Waals surface area contributed by atoms with Crippen LogP contribution in [0.5, 0.6) is 0 Å². The van der Waals surface area contributed by atoms with Crippen molar-refractivity contribution in [2.75, 3.05) is 13.2 Å². The number of ether oxygens (including phenoxy) is 2. The molecule has 3 aromatic heterocycles. The third-order valence-electron chi connectivity index (χ3n) is 5.61. The van der Waals surface area contributed by atoms with Crippen molar-refractivity contribution < 1.29 is 19.1 Å². The third-order valence-corrected chi connectivity index (χ3v) is 5.61. The maximum absolute atomic E-state index is 13.4. The minimum Gasteiger partial charge on any atom is -0.465 e. The Morgan fingerprint density at radius 1 is 1.03 bits per heavy atom. The van der Waals surface area contributed by atoms with Crippen molar-refractivity contribution in [3.8, 4) is 0 Å². The van der Waals surface area contributed by atoms with Crippen LogP contribution in [0, 0.1) is 0 Å². The Bertz CT molecular complexity index is 1470. The van der Waals surface area contributed by atoms with Crippen LogP contribution < -0.4 is 11.2 Å². The van der Waals surface area contributed by atoms with Crippen LogP contribution in [0.1, 0.15) is 31.3 Å². The van der Waals surface area contributed by atoms with Gasteiger partial charge in [-0.05, 0) is 31.4 Å². The highest BCUT2D eigenvalue weighted by atomic mass is 16.6. The number of fused-ring (bicyclic) bond motifs is 2. The van der Waals surface area contributed by atoms with Crippen molar-refractivity contribution >= 4 is 34.0 Å². The average molecular weight is 467 g/mol. The van der Waals surface area contributed by atoms with Crippen molar-refractivity contribution in [1.82, 2.24) is 23.7 Å². The SMILES string of the molecule is CCOC(=O)C(C(=O)OCC)c1nc2c(c(=O)n(Cc3cc4ccccc4[nH]3)c(=O)n2C)n1C. The van der Waals surface area contributed by atoms with Crippen LogP contribution in [0.2, 0.25) is 0 Å². The average Bonchev–Trinajstić information content (AvgIpc) is 3.37. The van der Waals surface area contributed by atoms with E-state index < -0.39 is 29.1 Å². The molecule has 4 rings (SSSR count). The summed E-state index contributed by atoms with van der Waals surface area (Å²) in [5.41, 5.74) is 0.524. The van der Waals surface area contributed by atoms with Crippen LogP contribution in [-0.4, -0.2) is 48.8 Å². The maximum atomic E-state index is 13.4. The van der Waals surface area contributed by atoms with Gasteiger partial charge in [0.1, 0.15) is 5.82 Å². The van der Waals surface area contributed by atoms with Gasteiger partial charge in [0, 0.05) is 25.3 Å². The van der Waals surface area contributed by atoms with E-state index in [1.165, 1.54) is 23.2 Å². The van der Waals surface area contributed by atoms with Gasteiger partial charge in [0.15, 0.2) is 11.2 Å². The molecule has 3 heterocycles. The molecule has 0 aliphatic carbocycles. The molecule has 0 radical (unpaired) electrons. The van der Waals surface area contributed by atoms with Gasteiger partial charge in [-0.3, -0.25) is 23.5 Å². The number of hydrogen-bond donors (Lipinski definition) is 1. The lowest BCUT2D eigenvalue weighted by Crippen LogP contribution is -2.40. The van der Waals surface area contributed by atoms with Crippen molar-refractivity contribution in [2.45, 2.75) is 26.3 Å². The molecule has 0 aliphatic rings. The number of para-hydroxylation sites is 1. The van der Waals surface area contributed by atoms with E-state index in [0.29, 0.717) is 5.69 Å². The second kappa shape index (κ2) is 9.00. The van der Waals surface area contributed by atoms with E-state index in [1.54, 1.807) is 13.8 Å². The number of rotatable bonds is 7. The van der Waals surface area contributed by atoms with Crippen LogP contribution in [0.4, 0.5) is 0 Å². The summed E-state index contributed by atoms with van der Waals surface area (Å²) in [5.74, 6) is -3.22. The van der Waals surface area contributed by atoms with E-state index in [4.69, 9.17) is 9.47 Å². The number of imidazole rings is 1. The van der Waals surface area contributed by atoms with Crippen molar-refractivity contribution in [1.29, 1.82) is 0 Å². The fraction of sp³-hybridized carbons (Fsp3) is 0.348. The van der Waals surface area contributed by atoms with Gasteiger partial charge in [-0.2, -0.15) is 0 Å². The molecule has 11 heteroatoms. The second-order valence-electron chi connectivity index (χ2n) is 7.75. The van der Waals surface area contributed by atoms with Gasteiger partial charge < -0.3 is 19.0 Å². The summed E-state index contributed by atoms with van der Waals surface area (Å²) in [6, 6.07) is 9.50. The summed E-state index contributed by atoms with van der Waals surface area (Å²) < 4.78 is 13.7. The molecule has 0 saturated heterocycles. The number of esters is 2. The normalized spacial score (nSPS) is 11.4. The van der Waals surface area contributed by atoms with Crippen LogP contribution in [-0.2, 0) is 39.7 Å². The molecule has 0 fully saturated rings. The number of carbonyl (C=O) groups excluding carboxylic acids is 2. The molecule has 0 bridgehead atoms. The van der Waals surface area contributed by atoms with Gasteiger partial charge in [-0.25, -0.2) is 9.78 Å². The summed E-state index contributed by atoms with van der Waals surface area (Å²) in [6.07, 6.45) is 0. The van der Waals surface area contributed by atoms with Crippen LogP contribution in [0.25, 0.3) is 22.1 Å². The van der Waals surface area contributed by atoms with Crippen LogP contribution in [0.3, 0.4) is 0 Å². The summed E-state index contributed by atoms with van der Waals surface area (Å²) in [5, 5.41) is 0.956. The van der Waals surface area contributed by atoms with E-state index in [9.17, 15) is 19.2 Å². The Labute approximate surface area is 193 Å². The molecule has 178 valence electrons. The largest absolute Gasteiger partial charge is 0.465 e. The molecule has 0 atom stereocenters. The summed E-state index contributed by atoms with van der Waals surface area (Å²) in [6.45, 7) is 3.33. The molecule has 1 N–H and O–H groups in total. The van der Waals surface area contributed by atoms with E-state index in [-0.39, 0.29) is 36.7 Å². The summed E-state index contributed by atoms with van der Waals surface area (Å²) in [4.78, 5) is 59.2. The molecule has 1 aromatic carbocycles. The van der Waals surface area contributed by atoms with Crippen LogP contribution >= 0.6 is 0 Å². The zero-order chi connectivity index (χ0) is 24.6. The van der Waals surface area contributed by atoms with Gasteiger partial charge in [0.2, 0.25) is 5.92 Å². The van der Waals surface area contributed by atoms with Gasteiger partial charge in [-0.15, -0.1) is 0 Å². The Morgan fingerprint density at radius 2 is 1.68 bits per heavy atom. The minimum atomic E-state index is -1.49. The topological polar surface area (TPSA) is 130 Å². The molecule has 0 aliphatic heterocycles. The highest BCUT2D eigenvalue weighted by Gasteiger charge is 2.37. The van der Waals surface area contributed by atoms with Gasteiger partial charge in [-0.1, -0.05) is 18.2 Å². The van der Waals surface area contributed by atoms with E-state index in [2.05, 4.69) is 9.97 Å². The molecular weight excluding hydrogens is 442 g/mol. The number of carbonyl (C=O) groups is 2. The fourth-order valence-electron chi connectivity index (χ4n) is 4.01. The lowest BCUT2D eigenvalue weighted by atomic mass is 10.1. The number of aryl methyl sites for hydroxylation is 2. The minimum absolute atomic E-state index is 0.00974. The molecule has 0 saturated carbocycles. The van der Waals surface area contributed by atoms with E-state index >= 15 is 0 Å². The number of nitrogens with one attached hydrogen (secondary N) is 1. The third kappa shape index (κ3) is 3.78. The second-order valence-corrected chi connectivity index (χ2v) is 7.75. The predicted octanol–water partition coefficient (Wildman–Crippen LogP) is 1.17. The Hall–Kier alpha value is -4.15. The number of nitrogens with zero attached hydrogens (tertiary/aromatic N) is 4. The summed E-state index contributed by atoms with van der Waals surface area (Å²) in [7, 11) is 2.99. The van der Waals surface area contributed by atoms with Gasteiger partial charge in [0.05, 0.1) is 19.8 Å². The lowest BCUT2D eigenvalue weighted by molar-refractivity contribution is -0.157.